The van der Waals surface area contributed by atoms with Crippen molar-refractivity contribution in [1.82, 2.24) is 0 Å². The summed E-state index contributed by atoms with van der Waals surface area (Å²) in [5.41, 5.74) is 2.62. The van der Waals surface area contributed by atoms with Crippen LogP contribution in [0.3, 0.4) is 0 Å². The van der Waals surface area contributed by atoms with Crippen molar-refractivity contribution >= 4 is 6.29 Å². The minimum Gasteiger partial charge on any atom is -0.496 e. The third-order valence-electron chi connectivity index (χ3n) is 3.79. The molecule has 120 valence electrons. The zero-order valence-corrected chi connectivity index (χ0v) is 13.4. The highest BCUT2D eigenvalue weighted by atomic mass is 16.5. The number of hydrogen-bond acceptors (Lipinski definition) is 3. The summed E-state index contributed by atoms with van der Waals surface area (Å²) in [4.78, 5) is 11.0. The quantitative estimate of drug-likeness (QED) is 0.619. The lowest BCUT2D eigenvalue weighted by molar-refractivity contribution is 0.112. The van der Waals surface area contributed by atoms with Gasteiger partial charge in [-0.1, -0.05) is 60.7 Å². The average Bonchev–Trinajstić information content (AvgIpc) is 2.67. The first-order valence-electron chi connectivity index (χ1n) is 7.71. The third kappa shape index (κ3) is 3.46. The molecule has 3 heteroatoms. The van der Waals surface area contributed by atoms with E-state index in [2.05, 4.69) is 0 Å². The van der Waals surface area contributed by atoms with E-state index in [0.717, 1.165) is 17.4 Å². The Balaban J connectivity index is 1.97. The van der Waals surface area contributed by atoms with Crippen molar-refractivity contribution < 1.29 is 14.3 Å². The molecular weight excluding hydrogens is 300 g/mol. The van der Waals surface area contributed by atoms with Crippen LogP contribution >= 0.6 is 0 Å². The van der Waals surface area contributed by atoms with E-state index in [-0.39, 0.29) is 6.10 Å². The zero-order chi connectivity index (χ0) is 16.8. The Morgan fingerprint density at radius 1 is 0.833 bits per heavy atom. The Morgan fingerprint density at radius 2 is 1.42 bits per heavy atom. The fourth-order valence-corrected chi connectivity index (χ4v) is 2.58. The second-order valence-corrected chi connectivity index (χ2v) is 5.34. The van der Waals surface area contributed by atoms with Crippen LogP contribution < -0.4 is 9.47 Å². The summed E-state index contributed by atoms with van der Waals surface area (Å²) in [5, 5.41) is 0. The normalized spacial score (nSPS) is 10.4. The van der Waals surface area contributed by atoms with Crippen LogP contribution in [-0.4, -0.2) is 13.4 Å². The minimum absolute atomic E-state index is 0.237. The van der Waals surface area contributed by atoms with Gasteiger partial charge in [-0.05, 0) is 23.3 Å². The Morgan fingerprint density at radius 3 is 1.92 bits per heavy atom. The largest absolute Gasteiger partial charge is 0.496 e. The molecule has 3 aromatic rings. The Bertz CT molecular complexity index is 758. The monoisotopic (exact) mass is 318 g/mol. The van der Waals surface area contributed by atoms with Crippen molar-refractivity contribution in [3.63, 3.8) is 0 Å². The summed E-state index contributed by atoms with van der Waals surface area (Å²) >= 11 is 0. The third-order valence-corrected chi connectivity index (χ3v) is 3.79. The van der Waals surface area contributed by atoms with Crippen molar-refractivity contribution in [3.8, 4) is 11.5 Å². The number of rotatable bonds is 6. The molecule has 0 spiro atoms. The van der Waals surface area contributed by atoms with Gasteiger partial charge in [0.25, 0.3) is 0 Å². The molecule has 0 unspecified atom stereocenters. The fourth-order valence-electron chi connectivity index (χ4n) is 2.58. The van der Waals surface area contributed by atoms with Crippen LogP contribution in [0.2, 0.25) is 0 Å². The van der Waals surface area contributed by atoms with Gasteiger partial charge in [-0.25, -0.2) is 0 Å². The molecule has 0 aliphatic carbocycles. The highest BCUT2D eigenvalue weighted by molar-refractivity contribution is 5.79. The summed E-state index contributed by atoms with van der Waals surface area (Å²) in [6.07, 6.45) is 0.535. The Labute approximate surface area is 141 Å². The van der Waals surface area contributed by atoms with Gasteiger partial charge in [0.1, 0.15) is 17.6 Å². The molecule has 0 saturated carbocycles. The van der Waals surface area contributed by atoms with Crippen LogP contribution in [0.25, 0.3) is 0 Å². The predicted octanol–water partition coefficient (Wildman–Crippen LogP) is 4.68. The summed E-state index contributed by atoms with van der Waals surface area (Å²) in [7, 11) is 1.54. The van der Waals surface area contributed by atoms with E-state index >= 15 is 0 Å². The van der Waals surface area contributed by atoms with E-state index in [1.54, 1.807) is 18.2 Å². The summed E-state index contributed by atoms with van der Waals surface area (Å²) in [5.74, 6) is 1.15. The summed E-state index contributed by atoms with van der Waals surface area (Å²) in [6, 6.07) is 25.3. The van der Waals surface area contributed by atoms with Crippen LogP contribution in [0.4, 0.5) is 0 Å². The fraction of sp³-hybridized carbons (Fsp3) is 0.0952. The molecular formula is C21H18O3. The topological polar surface area (TPSA) is 35.5 Å². The van der Waals surface area contributed by atoms with E-state index in [0.29, 0.717) is 17.1 Å². The first-order chi connectivity index (χ1) is 11.8. The lowest BCUT2D eigenvalue weighted by Crippen LogP contribution is -2.09. The van der Waals surface area contributed by atoms with Crippen LogP contribution in [0.5, 0.6) is 11.5 Å². The number of methoxy groups -OCH3 is 1. The highest BCUT2D eigenvalue weighted by Crippen LogP contribution is 2.31. The van der Waals surface area contributed by atoms with Crippen molar-refractivity contribution in [3.05, 3.63) is 95.6 Å². The van der Waals surface area contributed by atoms with Gasteiger partial charge in [0.15, 0.2) is 6.29 Å². The lowest BCUT2D eigenvalue weighted by atomic mass is 10.0. The minimum atomic E-state index is -0.237. The molecule has 0 N–H and O–H groups in total. The molecule has 0 saturated heterocycles. The van der Waals surface area contributed by atoms with Crippen LogP contribution in [0.15, 0.2) is 78.9 Å². The van der Waals surface area contributed by atoms with E-state index < -0.39 is 0 Å². The van der Waals surface area contributed by atoms with Gasteiger partial charge < -0.3 is 9.47 Å². The molecule has 3 aromatic carbocycles. The molecule has 0 heterocycles. The van der Waals surface area contributed by atoms with E-state index in [4.69, 9.17) is 9.47 Å². The van der Waals surface area contributed by atoms with Crippen LogP contribution in [-0.2, 0) is 0 Å². The molecule has 0 fully saturated rings. The van der Waals surface area contributed by atoms with Gasteiger partial charge in [0.05, 0.1) is 12.7 Å². The number of carbonyl (C=O) groups is 1. The van der Waals surface area contributed by atoms with Gasteiger partial charge >= 0.3 is 0 Å². The number of aldehydes is 1. The number of carbonyl (C=O) groups excluding carboxylic acids is 1. The molecule has 0 radical (unpaired) electrons. The van der Waals surface area contributed by atoms with Crippen molar-refractivity contribution in [2.45, 2.75) is 6.10 Å². The molecule has 3 nitrogen and oxygen atoms in total. The maximum Gasteiger partial charge on any atom is 0.153 e. The maximum atomic E-state index is 11.0. The van der Waals surface area contributed by atoms with E-state index in [1.807, 2.05) is 60.7 Å². The molecule has 0 bridgehead atoms. The molecule has 0 aliphatic rings. The molecule has 0 aliphatic heterocycles. The number of ether oxygens (including phenoxy) is 2. The number of hydrogen-bond donors (Lipinski definition) is 0. The van der Waals surface area contributed by atoms with Gasteiger partial charge in [-0.3, -0.25) is 4.79 Å². The average molecular weight is 318 g/mol. The predicted molar refractivity (Wildman–Crippen MR) is 93.7 cm³/mol. The van der Waals surface area contributed by atoms with Crippen molar-refractivity contribution in [1.29, 1.82) is 0 Å². The standard InChI is InChI=1S/C21H18O3/c1-23-20-14-19(13-12-18(20)15-22)24-21(16-8-4-2-5-9-16)17-10-6-3-7-11-17/h2-15,21H,1H3. The highest BCUT2D eigenvalue weighted by Gasteiger charge is 2.16. The Kier molecular flexibility index (Phi) is 4.92. The molecule has 24 heavy (non-hydrogen) atoms. The van der Waals surface area contributed by atoms with Crippen LogP contribution in [0.1, 0.15) is 27.6 Å². The molecule has 0 atom stereocenters. The lowest BCUT2D eigenvalue weighted by Gasteiger charge is -2.20. The molecule has 0 aromatic heterocycles. The van der Waals surface area contributed by atoms with Crippen molar-refractivity contribution in [2.24, 2.45) is 0 Å². The van der Waals surface area contributed by atoms with Gasteiger partial charge in [0, 0.05) is 6.07 Å². The maximum absolute atomic E-state index is 11.0. The first kappa shape index (κ1) is 15.8. The smallest absolute Gasteiger partial charge is 0.153 e. The van der Waals surface area contributed by atoms with Gasteiger partial charge in [-0.15, -0.1) is 0 Å². The summed E-state index contributed by atoms with van der Waals surface area (Å²) < 4.78 is 11.5. The second kappa shape index (κ2) is 7.47. The number of benzene rings is 3. The van der Waals surface area contributed by atoms with Gasteiger partial charge in [-0.2, -0.15) is 0 Å². The van der Waals surface area contributed by atoms with E-state index in [9.17, 15) is 4.79 Å². The van der Waals surface area contributed by atoms with Crippen LogP contribution in [0, 0.1) is 0 Å². The van der Waals surface area contributed by atoms with E-state index in [1.165, 1.54) is 7.11 Å². The first-order valence-corrected chi connectivity index (χ1v) is 7.71. The summed E-state index contributed by atoms with van der Waals surface area (Å²) in [6.45, 7) is 0. The second-order valence-electron chi connectivity index (χ2n) is 5.34. The SMILES string of the molecule is COc1cc(OC(c2ccccc2)c2ccccc2)ccc1C=O. The zero-order valence-electron chi connectivity index (χ0n) is 13.4. The Hall–Kier alpha value is -3.07. The molecule has 0 amide bonds. The molecule has 3 rings (SSSR count). The van der Waals surface area contributed by atoms with Gasteiger partial charge in [0.2, 0.25) is 0 Å². The van der Waals surface area contributed by atoms with Crippen molar-refractivity contribution in [2.75, 3.05) is 7.11 Å².